The fourth-order valence-corrected chi connectivity index (χ4v) is 33.4. The van der Waals surface area contributed by atoms with Gasteiger partial charge in [0.25, 0.3) is 0 Å². The van der Waals surface area contributed by atoms with Crippen LogP contribution in [0, 0.1) is 92.7 Å². The van der Waals surface area contributed by atoms with Crippen molar-refractivity contribution in [2.75, 3.05) is 11.5 Å². The van der Waals surface area contributed by atoms with E-state index >= 15 is 0 Å². The molecule has 12 fully saturated rings. The fourth-order valence-electron chi connectivity index (χ4n) is 28.0. The first kappa shape index (κ1) is 118. The van der Waals surface area contributed by atoms with Crippen molar-refractivity contribution in [2.45, 2.75) is 409 Å². The zero-order chi connectivity index (χ0) is 102. The smallest absolute Gasteiger partial charge is 0.346 e. The third kappa shape index (κ3) is 26.4. The second-order valence-corrected chi connectivity index (χ2v) is 56.9. The van der Waals surface area contributed by atoms with Crippen molar-refractivity contribution in [2.24, 2.45) is 92.7 Å². The summed E-state index contributed by atoms with van der Waals surface area (Å²) in [7, 11) is -15.6. The summed E-state index contributed by atoms with van der Waals surface area (Å²) in [6.45, 7) is 41.6. The maximum absolute atomic E-state index is 15.0. The van der Waals surface area contributed by atoms with Crippen molar-refractivity contribution in [3.63, 3.8) is 0 Å². The lowest BCUT2D eigenvalue weighted by molar-refractivity contribution is 0.0234. The molecule has 12 aliphatic rings. The van der Waals surface area contributed by atoms with Crippen LogP contribution >= 0.6 is 0 Å². The first-order valence-corrected chi connectivity index (χ1v) is 58.1. The number of hydrogen-bond donors (Lipinski definition) is 8. The number of fused-ring (bicyclic) bond motifs is 4. The highest BCUT2D eigenvalue weighted by Gasteiger charge is 2.60. The molecule has 8 N–H and O–H groups in total. The largest absolute Gasteiger partial charge is 0.393 e. The van der Waals surface area contributed by atoms with Crippen molar-refractivity contribution >= 4 is 39.3 Å². The highest BCUT2D eigenvalue weighted by Crippen LogP contribution is 2.65. The number of allylic oxidation sites excluding steroid dienone is 12. The molecule has 0 bridgehead atoms. The molecular weight excluding hydrogens is 1850 g/mol. The third-order valence-corrected chi connectivity index (χ3v) is 44.6. The molecule has 788 valence electrons. The monoisotopic (exact) mass is 2030 g/mol. The van der Waals surface area contributed by atoms with E-state index < -0.39 is 133 Å². The highest BCUT2D eigenvalue weighted by molar-refractivity contribution is 7.94. The zero-order valence-corrected chi connectivity index (χ0v) is 88.5. The van der Waals surface area contributed by atoms with Crippen molar-refractivity contribution in [1.82, 2.24) is 0 Å². The van der Waals surface area contributed by atoms with Crippen LogP contribution in [-0.2, 0) is 39.3 Å². The number of halogens is 4. The Morgan fingerprint density at radius 2 is 0.579 bits per heavy atom. The molecule has 0 aromatic heterocycles. The number of aliphatic hydroxyl groups excluding tert-OH is 8. The van der Waals surface area contributed by atoms with E-state index in [0.29, 0.717) is 121 Å². The van der Waals surface area contributed by atoms with Crippen LogP contribution in [0.1, 0.15) is 330 Å². The van der Waals surface area contributed by atoms with Gasteiger partial charge in [-0.15, -0.1) is 0 Å². The Morgan fingerprint density at radius 3 is 0.800 bits per heavy atom. The molecule has 2 aromatic carbocycles. The van der Waals surface area contributed by atoms with Crippen LogP contribution in [0.25, 0.3) is 0 Å². The zero-order valence-electron chi connectivity index (χ0n) is 85.2. The Kier molecular flexibility index (Phi) is 39.9. The normalized spacial score (nSPS) is 35.2. The van der Waals surface area contributed by atoms with Crippen molar-refractivity contribution in [1.29, 1.82) is 0 Å². The number of alkyl halides is 4. The molecule has 12 saturated carbocycles. The van der Waals surface area contributed by atoms with Crippen LogP contribution in [-0.4, -0.2) is 155 Å². The van der Waals surface area contributed by atoms with E-state index in [4.69, 9.17) is 0 Å². The molecule has 0 saturated heterocycles. The number of rotatable bonds is 24. The van der Waals surface area contributed by atoms with Gasteiger partial charge < -0.3 is 40.9 Å². The van der Waals surface area contributed by atoms with Gasteiger partial charge >= 0.3 is 10.5 Å². The molecule has 2 aromatic rings. The van der Waals surface area contributed by atoms with Gasteiger partial charge in [0.1, 0.15) is 0 Å². The Balaban J connectivity index is 0.000000208. The van der Waals surface area contributed by atoms with Gasteiger partial charge in [-0.25, -0.2) is 33.7 Å². The standard InChI is InChI=1S/2C30H42O4S.2C27H42F2O4S.2CH4/c2*1-21(9-8-18-35(33,34)26-11-5-4-6-12-26)27-15-16-28-23(10-7-17-30(27,28)3)13-14-24-19-25(31)20-29(32)22(24)2;2*1-17(16-27(28,29)34(32,33)25(3,4)5)22-11-12-23-19(8-7-13-26(22,23)6)9-10-20-14-21(30)15-24(31)18(20)2;;/h2*4-6,11-14,21,25,27-29,31-32H,2,7-10,15-20H2,1,3H3;2*9-10,17,21-24,30-31H,2,7-8,11-16H2,1,3-6H3;2*1H4/b2*23-13+,24-14-;2*19-9+,20-10-;;/t2*21-,25?,27-,28?,29?,30-;17-,21+,22-,23+,24-,26-;17-,21-,22-,23+,24+,26-;;/m1111../s1. The first-order chi connectivity index (χ1) is 64.2. The minimum absolute atomic E-state index is 0. The molecule has 14 rings (SSSR count). The molecule has 0 aliphatic heterocycles. The maximum atomic E-state index is 15.0. The van der Waals surface area contributed by atoms with Crippen molar-refractivity contribution < 1.29 is 92.1 Å². The summed E-state index contributed by atoms with van der Waals surface area (Å²) in [5, 5.41) is 73.3. The minimum atomic E-state index is -4.60. The molecule has 0 heterocycles. The van der Waals surface area contributed by atoms with E-state index in [1.54, 1.807) is 62.4 Å². The van der Waals surface area contributed by atoms with Crippen LogP contribution in [0.5, 0.6) is 0 Å². The van der Waals surface area contributed by atoms with Gasteiger partial charge in [-0.1, -0.05) is 204 Å². The summed E-state index contributed by atoms with van der Waals surface area (Å²) in [4.78, 5) is 0.856. The summed E-state index contributed by atoms with van der Waals surface area (Å²) in [5.41, 5.74) is 12.2. The number of hydrogen-bond acceptors (Lipinski definition) is 16. The second kappa shape index (κ2) is 47.4. The van der Waals surface area contributed by atoms with Gasteiger partial charge in [0.2, 0.25) is 19.7 Å². The summed E-state index contributed by atoms with van der Waals surface area (Å²) < 4.78 is 158. The van der Waals surface area contributed by atoms with Crippen molar-refractivity contribution in [3.8, 4) is 0 Å². The van der Waals surface area contributed by atoms with Gasteiger partial charge in [0.15, 0.2) is 19.7 Å². The van der Waals surface area contributed by atoms with E-state index in [9.17, 15) is 92.1 Å². The topological polar surface area (TPSA) is 298 Å². The second-order valence-electron chi connectivity index (χ2n) is 47.0. The fraction of sp³-hybridized carbons (Fsp3) is 0.690. The average Bonchev–Trinajstić information content (AvgIpc) is 1.70. The van der Waals surface area contributed by atoms with Gasteiger partial charge in [0, 0.05) is 38.5 Å². The predicted octanol–water partition coefficient (Wildman–Crippen LogP) is 25.2. The summed E-state index contributed by atoms with van der Waals surface area (Å²) in [6.07, 6.45) is 38.3. The lowest BCUT2D eigenvalue weighted by Crippen LogP contribution is -2.44. The Morgan fingerprint density at radius 1 is 0.357 bits per heavy atom. The van der Waals surface area contributed by atoms with Gasteiger partial charge in [0.05, 0.1) is 79.6 Å². The molecule has 24 heteroatoms. The van der Waals surface area contributed by atoms with Crippen LogP contribution in [0.3, 0.4) is 0 Å². The molecular formula is C116H176F4O16S4. The van der Waals surface area contributed by atoms with Gasteiger partial charge in [-0.05, 0) is 383 Å². The average molecular weight is 2030 g/mol. The highest BCUT2D eigenvalue weighted by atomic mass is 32.2. The quantitative estimate of drug-likeness (QED) is 0.0453. The summed E-state index contributed by atoms with van der Waals surface area (Å²) >= 11 is 0. The van der Waals surface area contributed by atoms with Gasteiger partial charge in [-0.2, -0.15) is 17.6 Å². The van der Waals surface area contributed by atoms with Gasteiger partial charge in [-0.3, -0.25) is 0 Å². The van der Waals surface area contributed by atoms with E-state index in [1.165, 1.54) is 115 Å². The molecule has 0 radical (unpaired) electrons. The van der Waals surface area contributed by atoms with Crippen molar-refractivity contribution in [3.05, 3.63) is 202 Å². The molecule has 6 unspecified atom stereocenters. The maximum Gasteiger partial charge on any atom is 0.346 e. The summed E-state index contributed by atoms with van der Waals surface area (Å²) in [6, 6.07) is 17.6. The molecule has 12 aliphatic carbocycles. The van der Waals surface area contributed by atoms with E-state index in [2.05, 4.69) is 104 Å². The van der Waals surface area contributed by atoms with Crippen LogP contribution < -0.4 is 0 Å². The number of sulfone groups is 4. The molecule has 140 heavy (non-hydrogen) atoms. The van der Waals surface area contributed by atoms with Crippen LogP contribution in [0.15, 0.2) is 212 Å². The SMILES string of the molecule is C.C.C=C1/C(=C\C=C2/CCC[C@@]3(C)C2CC[C@@H]3[C@H](C)CCCS(=O)(=O)c2ccccc2)CC(O)CC1O.C=C1/C(=C\C=C2/CCC[C@@]3(C)C2CC[C@@H]3[C@H](C)CCCS(=O)(=O)c2ccccc2)CC(O)CC1O.C=C1/C(=C\C=C2/CCC[C@]3(C)[C@@H]([C@H](C)CC(F)(F)S(=O)(=O)C(C)(C)C)CC[C@@H]23)C[C@@H](O)C[C@@H]1O.C=C1/C(=C\C=C2/CCC[C@]3(C)[C@@H]([C@H](C)CC(F)(F)S(=O)(=O)C(C)(C)C)CC[C@@H]23)C[C@H](O)C[C@H]1O. The Labute approximate surface area is 841 Å². The van der Waals surface area contributed by atoms with E-state index in [1.807, 2.05) is 24.3 Å². The molecule has 0 spiro atoms. The number of benzene rings is 2. The lowest BCUT2D eigenvalue weighted by Gasteiger charge is -2.45. The predicted molar refractivity (Wildman–Crippen MR) is 561 cm³/mol. The molecule has 16 nitrogen and oxygen atoms in total. The molecule has 24 atom stereocenters. The third-order valence-electron chi connectivity index (χ3n) is 35.8. The van der Waals surface area contributed by atoms with Crippen LogP contribution in [0.2, 0.25) is 0 Å². The van der Waals surface area contributed by atoms with Crippen LogP contribution in [0.4, 0.5) is 17.6 Å². The molecule has 0 amide bonds. The number of aliphatic hydroxyl groups is 8. The Bertz CT molecular complexity index is 5050. The van der Waals surface area contributed by atoms with E-state index in [0.717, 1.165) is 123 Å². The minimum Gasteiger partial charge on any atom is -0.393 e. The summed E-state index contributed by atoms with van der Waals surface area (Å²) in [5.74, 6) is 3.53. The van der Waals surface area contributed by atoms with E-state index in [-0.39, 0.29) is 71.7 Å². The Hall–Kier alpha value is -5.48. The lowest BCUT2D eigenvalue weighted by atomic mass is 9.60. The first-order valence-electron chi connectivity index (χ1n) is 51.8.